The van der Waals surface area contributed by atoms with Gasteiger partial charge in [0.05, 0.1) is 0 Å². The molecule has 1 aromatic heterocycles. The van der Waals surface area contributed by atoms with E-state index in [1.807, 2.05) is 13.8 Å². The normalized spacial score (nSPS) is 13.6. The molecular weight excluding hydrogens is 276 g/mol. The van der Waals surface area contributed by atoms with E-state index in [9.17, 15) is 17.6 Å². The summed E-state index contributed by atoms with van der Waals surface area (Å²) in [6.45, 7) is 3.34. The zero-order chi connectivity index (χ0) is 15.2. The quantitative estimate of drug-likeness (QED) is 0.746. The zero-order valence-corrected chi connectivity index (χ0v) is 11.4. The topological polar surface area (TPSA) is 34.2 Å². The molecule has 1 aromatic rings. The van der Waals surface area contributed by atoms with Gasteiger partial charge in [-0.1, -0.05) is 6.92 Å². The molecule has 3 nitrogen and oxygen atoms in total. The predicted molar refractivity (Wildman–Crippen MR) is 67.4 cm³/mol. The van der Waals surface area contributed by atoms with Crippen molar-refractivity contribution in [3.05, 3.63) is 23.9 Å². The number of ether oxygens (including phenoxy) is 1. The number of pyridine rings is 1. The Kier molecular flexibility index (Phi) is 6.19. The molecule has 0 spiro atoms. The Bertz CT molecular complexity index is 415. The molecule has 0 aromatic carbocycles. The fraction of sp³-hybridized carbons (Fsp3) is 0.615. The Hall–Kier alpha value is -1.37. The van der Waals surface area contributed by atoms with Crippen LogP contribution in [0.5, 0.6) is 5.88 Å². The van der Waals surface area contributed by atoms with Gasteiger partial charge in [-0.15, -0.1) is 0 Å². The molecule has 20 heavy (non-hydrogen) atoms. The molecule has 1 heterocycles. The SMILES string of the molecule is CCCNC(C)c1ccnc(OCC(F)(F)C(F)F)c1. The van der Waals surface area contributed by atoms with E-state index < -0.39 is 19.0 Å². The van der Waals surface area contributed by atoms with Gasteiger partial charge in [0.1, 0.15) is 0 Å². The lowest BCUT2D eigenvalue weighted by Gasteiger charge is -2.17. The second-order valence-corrected chi connectivity index (χ2v) is 4.45. The van der Waals surface area contributed by atoms with Crippen molar-refractivity contribution in [3.63, 3.8) is 0 Å². The van der Waals surface area contributed by atoms with Gasteiger partial charge in [0.15, 0.2) is 6.61 Å². The average Bonchev–Trinajstić information content (AvgIpc) is 2.42. The second kappa shape index (κ2) is 7.42. The van der Waals surface area contributed by atoms with Crippen molar-refractivity contribution in [1.29, 1.82) is 0 Å². The van der Waals surface area contributed by atoms with Crippen LogP contribution in [-0.4, -0.2) is 30.5 Å². The molecule has 0 aliphatic heterocycles. The van der Waals surface area contributed by atoms with Crippen molar-refractivity contribution in [2.45, 2.75) is 38.7 Å². The van der Waals surface area contributed by atoms with Crippen molar-refractivity contribution < 1.29 is 22.3 Å². The summed E-state index contributed by atoms with van der Waals surface area (Å²) < 4.78 is 54.1. The molecule has 0 bridgehead atoms. The van der Waals surface area contributed by atoms with Crippen LogP contribution in [0.4, 0.5) is 17.6 Å². The first-order valence-corrected chi connectivity index (χ1v) is 6.35. The summed E-state index contributed by atoms with van der Waals surface area (Å²) in [5.41, 5.74) is 0.795. The Morgan fingerprint density at radius 1 is 1.40 bits per heavy atom. The largest absolute Gasteiger partial charge is 0.471 e. The van der Waals surface area contributed by atoms with Crippen molar-refractivity contribution in [1.82, 2.24) is 10.3 Å². The van der Waals surface area contributed by atoms with Crippen molar-refractivity contribution in [2.75, 3.05) is 13.2 Å². The summed E-state index contributed by atoms with van der Waals surface area (Å²) in [7, 11) is 0. The van der Waals surface area contributed by atoms with Gasteiger partial charge in [-0.05, 0) is 31.5 Å². The van der Waals surface area contributed by atoms with Crippen LogP contribution in [0.1, 0.15) is 31.9 Å². The molecule has 1 unspecified atom stereocenters. The first kappa shape index (κ1) is 16.7. The van der Waals surface area contributed by atoms with E-state index in [1.54, 1.807) is 6.07 Å². The molecule has 0 amide bonds. The molecule has 1 N–H and O–H groups in total. The summed E-state index contributed by atoms with van der Waals surface area (Å²) in [4.78, 5) is 3.74. The number of nitrogens with one attached hydrogen (secondary N) is 1. The molecule has 7 heteroatoms. The van der Waals surface area contributed by atoms with E-state index in [-0.39, 0.29) is 11.9 Å². The number of halogens is 4. The molecule has 1 rings (SSSR count). The monoisotopic (exact) mass is 294 g/mol. The highest BCUT2D eigenvalue weighted by molar-refractivity contribution is 5.23. The van der Waals surface area contributed by atoms with Crippen LogP contribution in [0, 0.1) is 0 Å². The number of nitrogens with zero attached hydrogens (tertiary/aromatic N) is 1. The minimum Gasteiger partial charge on any atom is -0.471 e. The van der Waals surface area contributed by atoms with Gasteiger partial charge in [0.25, 0.3) is 0 Å². The second-order valence-electron chi connectivity index (χ2n) is 4.45. The van der Waals surface area contributed by atoms with Crippen LogP contribution in [-0.2, 0) is 0 Å². The third kappa shape index (κ3) is 4.96. The van der Waals surface area contributed by atoms with Crippen LogP contribution in [0.3, 0.4) is 0 Å². The molecular formula is C13H18F4N2O. The summed E-state index contributed by atoms with van der Waals surface area (Å²) in [6, 6.07) is 3.18. The van der Waals surface area contributed by atoms with Crippen LogP contribution in [0.2, 0.25) is 0 Å². The van der Waals surface area contributed by atoms with Gasteiger partial charge < -0.3 is 10.1 Å². The molecule has 0 radical (unpaired) electrons. The van der Waals surface area contributed by atoms with Crippen LogP contribution in [0.25, 0.3) is 0 Å². The van der Waals surface area contributed by atoms with Crippen LogP contribution >= 0.6 is 0 Å². The molecule has 0 fully saturated rings. The highest BCUT2D eigenvalue weighted by atomic mass is 19.3. The molecule has 0 saturated carbocycles. The smallest absolute Gasteiger partial charge is 0.340 e. The lowest BCUT2D eigenvalue weighted by atomic mass is 10.1. The lowest BCUT2D eigenvalue weighted by molar-refractivity contribution is -0.148. The number of hydrogen-bond donors (Lipinski definition) is 1. The number of hydrogen-bond acceptors (Lipinski definition) is 3. The van der Waals surface area contributed by atoms with Crippen molar-refractivity contribution in [3.8, 4) is 5.88 Å². The summed E-state index contributed by atoms with van der Waals surface area (Å²) in [5.74, 6) is -4.27. The fourth-order valence-corrected chi connectivity index (χ4v) is 1.48. The Balaban J connectivity index is 2.64. The van der Waals surface area contributed by atoms with Gasteiger partial charge in [0, 0.05) is 18.3 Å². The maximum absolute atomic E-state index is 12.7. The van der Waals surface area contributed by atoms with E-state index >= 15 is 0 Å². The van der Waals surface area contributed by atoms with Crippen LogP contribution in [0.15, 0.2) is 18.3 Å². The average molecular weight is 294 g/mol. The standard InChI is InChI=1S/C13H18F4N2O/c1-3-5-18-9(2)10-4-6-19-11(7-10)20-8-13(16,17)12(14)15/h4,6-7,9,12,18H,3,5,8H2,1-2H3. The van der Waals surface area contributed by atoms with Gasteiger partial charge in [-0.3, -0.25) is 0 Å². The van der Waals surface area contributed by atoms with Crippen molar-refractivity contribution in [2.24, 2.45) is 0 Å². The first-order chi connectivity index (χ1) is 9.36. The first-order valence-electron chi connectivity index (χ1n) is 6.35. The lowest BCUT2D eigenvalue weighted by Crippen LogP contribution is -2.33. The summed E-state index contributed by atoms with van der Waals surface area (Å²) in [5, 5.41) is 3.21. The molecule has 1 atom stereocenters. The summed E-state index contributed by atoms with van der Waals surface area (Å²) >= 11 is 0. The predicted octanol–water partition coefficient (Wildman–Crippen LogP) is 3.42. The molecule has 0 aliphatic rings. The van der Waals surface area contributed by atoms with Gasteiger partial charge in [-0.2, -0.15) is 8.78 Å². The number of aromatic nitrogens is 1. The minimum atomic E-state index is -4.18. The molecule has 114 valence electrons. The van der Waals surface area contributed by atoms with E-state index in [4.69, 9.17) is 0 Å². The third-order valence-corrected chi connectivity index (χ3v) is 2.69. The van der Waals surface area contributed by atoms with Gasteiger partial charge in [0.2, 0.25) is 5.88 Å². The van der Waals surface area contributed by atoms with E-state index in [1.165, 1.54) is 12.3 Å². The highest BCUT2D eigenvalue weighted by Gasteiger charge is 2.41. The number of rotatable bonds is 8. The summed E-state index contributed by atoms with van der Waals surface area (Å²) in [6.07, 6.45) is -1.40. The minimum absolute atomic E-state index is 0.00379. The Labute approximate surface area is 115 Å². The maximum Gasteiger partial charge on any atom is 0.340 e. The highest BCUT2D eigenvalue weighted by Crippen LogP contribution is 2.24. The van der Waals surface area contributed by atoms with Crippen molar-refractivity contribution >= 4 is 0 Å². The van der Waals surface area contributed by atoms with Gasteiger partial charge >= 0.3 is 12.3 Å². The fourth-order valence-electron chi connectivity index (χ4n) is 1.48. The number of alkyl halides is 4. The zero-order valence-electron chi connectivity index (χ0n) is 11.4. The molecule has 0 saturated heterocycles. The van der Waals surface area contributed by atoms with E-state index in [2.05, 4.69) is 15.0 Å². The Morgan fingerprint density at radius 2 is 2.10 bits per heavy atom. The molecule has 0 aliphatic carbocycles. The van der Waals surface area contributed by atoms with Gasteiger partial charge in [-0.25, -0.2) is 13.8 Å². The van der Waals surface area contributed by atoms with E-state index in [0.29, 0.717) is 0 Å². The van der Waals surface area contributed by atoms with Crippen LogP contribution < -0.4 is 10.1 Å². The maximum atomic E-state index is 12.7. The van der Waals surface area contributed by atoms with E-state index in [0.717, 1.165) is 18.5 Å². The third-order valence-electron chi connectivity index (χ3n) is 2.69. The Morgan fingerprint density at radius 3 is 2.70 bits per heavy atom.